The molecule has 1 aromatic carbocycles. The van der Waals surface area contributed by atoms with E-state index in [1.165, 1.54) is 0 Å². The Bertz CT molecular complexity index is 486. The quantitative estimate of drug-likeness (QED) is 0.642. The van der Waals surface area contributed by atoms with Gasteiger partial charge in [-0.15, -0.1) is 0 Å². The monoisotopic (exact) mass is 292 g/mol. The molecule has 1 fully saturated rings. The molecular formula is C16H24N2O3. The van der Waals surface area contributed by atoms with Gasteiger partial charge >= 0.3 is 0 Å². The van der Waals surface area contributed by atoms with Crippen LogP contribution in [0.2, 0.25) is 0 Å². The highest BCUT2D eigenvalue weighted by Gasteiger charge is 2.22. The van der Waals surface area contributed by atoms with Gasteiger partial charge in [0.25, 0.3) is 0 Å². The van der Waals surface area contributed by atoms with Crippen molar-refractivity contribution >= 4 is 5.91 Å². The van der Waals surface area contributed by atoms with Crippen molar-refractivity contribution in [1.29, 1.82) is 0 Å². The molecule has 1 saturated carbocycles. The van der Waals surface area contributed by atoms with Gasteiger partial charge in [0.1, 0.15) is 11.5 Å². The second-order valence-electron chi connectivity index (χ2n) is 5.55. The molecule has 2 rings (SSSR count). The molecule has 0 radical (unpaired) electrons. The minimum atomic E-state index is 0.0300. The van der Waals surface area contributed by atoms with Gasteiger partial charge in [-0.05, 0) is 38.8 Å². The zero-order valence-corrected chi connectivity index (χ0v) is 12.7. The number of phenols is 1. The highest BCUT2D eigenvalue weighted by atomic mass is 16.5. The number of amides is 1. The Morgan fingerprint density at radius 2 is 2.24 bits per heavy atom. The van der Waals surface area contributed by atoms with Crippen molar-refractivity contribution in [2.45, 2.75) is 44.7 Å². The maximum atomic E-state index is 11.5. The fourth-order valence-electron chi connectivity index (χ4n) is 2.22. The van der Waals surface area contributed by atoms with E-state index >= 15 is 0 Å². The van der Waals surface area contributed by atoms with Crippen molar-refractivity contribution < 1.29 is 14.6 Å². The van der Waals surface area contributed by atoms with Crippen LogP contribution in [0.5, 0.6) is 11.5 Å². The van der Waals surface area contributed by atoms with Crippen molar-refractivity contribution in [3.63, 3.8) is 0 Å². The lowest BCUT2D eigenvalue weighted by molar-refractivity contribution is -0.121. The number of nitrogens with one attached hydrogen (secondary N) is 2. The average Bonchev–Trinajstić information content (AvgIpc) is 3.27. The lowest BCUT2D eigenvalue weighted by Crippen LogP contribution is -2.27. The minimum Gasteiger partial charge on any atom is -0.507 e. The zero-order chi connectivity index (χ0) is 15.2. The summed E-state index contributed by atoms with van der Waals surface area (Å²) in [6.45, 7) is 2.73. The highest BCUT2D eigenvalue weighted by molar-refractivity contribution is 5.76. The van der Waals surface area contributed by atoms with Gasteiger partial charge in [-0.3, -0.25) is 4.79 Å². The third kappa shape index (κ3) is 4.93. The van der Waals surface area contributed by atoms with Gasteiger partial charge in [-0.1, -0.05) is 6.07 Å². The molecule has 5 nitrogen and oxygen atoms in total. The Balaban J connectivity index is 1.71. The maximum absolute atomic E-state index is 11.5. The van der Waals surface area contributed by atoms with E-state index in [4.69, 9.17) is 4.74 Å². The van der Waals surface area contributed by atoms with Gasteiger partial charge in [-0.2, -0.15) is 0 Å². The number of carbonyl (C=O) groups is 1. The van der Waals surface area contributed by atoms with Gasteiger partial charge in [0, 0.05) is 30.1 Å². The van der Waals surface area contributed by atoms with E-state index in [9.17, 15) is 9.90 Å². The third-order valence-electron chi connectivity index (χ3n) is 3.68. The molecule has 1 aliphatic rings. The van der Waals surface area contributed by atoms with Crippen LogP contribution in [-0.4, -0.2) is 30.7 Å². The third-order valence-corrected chi connectivity index (χ3v) is 3.68. The van der Waals surface area contributed by atoms with Crippen molar-refractivity contribution in [2.75, 3.05) is 13.7 Å². The Morgan fingerprint density at radius 1 is 1.48 bits per heavy atom. The molecule has 1 aliphatic carbocycles. The minimum absolute atomic E-state index is 0.0300. The Morgan fingerprint density at radius 3 is 2.86 bits per heavy atom. The summed E-state index contributed by atoms with van der Waals surface area (Å²) in [5.74, 6) is 1.00. The van der Waals surface area contributed by atoms with Crippen molar-refractivity contribution in [3.8, 4) is 11.5 Å². The smallest absolute Gasteiger partial charge is 0.220 e. The molecule has 1 unspecified atom stereocenters. The molecule has 0 bridgehead atoms. The summed E-state index contributed by atoms with van der Waals surface area (Å²) in [5.41, 5.74) is 0.832. The molecular weight excluding hydrogens is 268 g/mol. The van der Waals surface area contributed by atoms with Crippen molar-refractivity contribution in [3.05, 3.63) is 23.8 Å². The molecule has 116 valence electrons. The number of aromatic hydroxyl groups is 1. The van der Waals surface area contributed by atoms with Gasteiger partial charge in [-0.25, -0.2) is 0 Å². The predicted molar refractivity (Wildman–Crippen MR) is 81.5 cm³/mol. The van der Waals surface area contributed by atoms with Crippen LogP contribution < -0.4 is 15.4 Å². The normalized spacial score (nSPS) is 15.5. The van der Waals surface area contributed by atoms with Gasteiger partial charge in [0.05, 0.1) is 7.11 Å². The Labute approximate surface area is 125 Å². The standard InChI is InChI=1S/C16H24N2O3/c1-11(14-8-7-13(21-2)10-15(14)19)17-9-3-4-16(20)18-12-5-6-12/h7-8,10-12,17,19H,3-6,9H2,1-2H3,(H,18,20). The maximum Gasteiger partial charge on any atom is 0.220 e. The number of rotatable bonds is 8. The fourth-order valence-corrected chi connectivity index (χ4v) is 2.22. The summed E-state index contributed by atoms with van der Waals surface area (Å²) < 4.78 is 5.07. The van der Waals surface area contributed by atoms with Crippen LogP contribution in [0, 0.1) is 0 Å². The number of methoxy groups -OCH3 is 1. The first-order chi connectivity index (χ1) is 10.1. The first-order valence-corrected chi connectivity index (χ1v) is 7.50. The van der Waals surface area contributed by atoms with Crippen LogP contribution in [0.25, 0.3) is 0 Å². The van der Waals surface area contributed by atoms with E-state index in [2.05, 4.69) is 10.6 Å². The molecule has 3 N–H and O–H groups in total. The number of benzene rings is 1. The van der Waals surface area contributed by atoms with E-state index in [1.807, 2.05) is 19.1 Å². The lowest BCUT2D eigenvalue weighted by Gasteiger charge is -2.16. The number of hydrogen-bond donors (Lipinski definition) is 3. The van der Waals surface area contributed by atoms with Gasteiger partial charge in [0.15, 0.2) is 0 Å². The average molecular weight is 292 g/mol. The second kappa shape index (κ2) is 7.31. The molecule has 0 heterocycles. The summed E-state index contributed by atoms with van der Waals surface area (Å²) >= 11 is 0. The summed E-state index contributed by atoms with van der Waals surface area (Å²) in [4.78, 5) is 11.5. The van der Waals surface area contributed by atoms with Crippen LogP contribution in [0.3, 0.4) is 0 Å². The van der Waals surface area contributed by atoms with Gasteiger partial charge < -0.3 is 20.5 Å². The van der Waals surface area contributed by atoms with Crippen LogP contribution in [0.4, 0.5) is 0 Å². The summed E-state index contributed by atoms with van der Waals surface area (Å²) in [6.07, 6.45) is 3.58. The SMILES string of the molecule is COc1ccc(C(C)NCCCC(=O)NC2CC2)c(O)c1. The Hall–Kier alpha value is -1.75. The van der Waals surface area contributed by atoms with Crippen LogP contribution >= 0.6 is 0 Å². The van der Waals surface area contributed by atoms with Crippen molar-refractivity contribution in [2.24, 2.45) is 0 Å². The first kappa shape index (κ1) is 15.6. The van der Waals surface area contributed by atoms with Crippen molar-refractivity contribution in [1.82, 2.24) is 10.6 Å². The predicted octanol–water partition coefficient (Wildman–Crippen LogP) is 2.11. The molecule has 0 aromatic heterocycles. The topological polar surface area (TPSA) is 70.6 Å². The van der Waals surface area contributed by atoms with E-state index in [0.717, 1.165) is 31.4 Å². The summed E-state index contributed by atoms with van der Waals surface area (Å²) in [5, 5.41) is 16.3. The van der Waals surface area contributed by atoms with E-state index in [0.29, 0.717) is 18.2 Å². The summed E-state index contributed by atoms with van der Waals surface area (Å²) in [7, 11) is 1.57. The number of hydrogen-bond acceptors (Lipinski definition) is 4. The highest BCUT2D eigenvalue weighted by Crippen LogP contribution is 2.28. The molecule has 0 aliphatic heterocycles. The number of carbonyl (C=O) groups excluding carboxylic acids is 1. The number of phenolic OH excluding ortho intramolecular Hbond substituents is 1. The Kier molecular flexibility index (Phi) is 5.44. The zero-order valence-electron chi connectivity index (χ0n) is 12.7. The molecule has 0 spiro atoms. The number of ether oxygens (including phenoxy) is 1. The fraction of sp³-hybridized carbons (Fsp3) is 0.562. The molecule has 21 heavy (non-hydrogen) atoms. The lowest BCUT2D eigenvalue weighted by atomic mass is 10.1. The first-order valence-electron chi connectivity index (χ1n) is 7.50. The van der Waals surface area contributed by atoms with Crippen LogP contribution in [-0.2, 0) is 4.79 Å². The molecule has 1 aromatic rings. The van der Waals surface area contributed by atoms with E-state index in [1.54, 1.807) is 13.2 Å². The van der Waals surface area contributed by atoms with E-state index < -0.39 is 0 Å². The molecule has 1 amide bonds. The van der Waals surface area contributed by atoms with Gasteiger partial charge in [0.2, 0.25) is 5.91 Å². The van der Waals surface area contributed by atoms with E-state index in [-0.39, 0.29) is 17.7 Å². The largest absolute Gasteiger partial charge is 0.507 e. The second-order valence-corrected chi connectivity index (χ2v) is 5.55. The molecule has 5 heteroatoms. The molecule has 1 atom stereocenters. The molecule has 0 saturated heterocycles. The van der Waals surface area contributed by atoms with Crippen LogP contribution in [0.1, 0.15) is 44.2 Å². The summed E-state index contributed by atoms with van der Waals surface area (Å²) in [6, 6.07) is 5.75. The van der Waals surface area contributed by atoms with Crippen LogP contribution in [0.15, 0.2) is 18.2 Å².